The van der Waals surface area contributed by atoms with Crippen molar-refractivity contribution in [1.82, 2.24) is 15.3 Å². The van der Waals surface area contributed by atoms with Gasteiger partial charge in [-0.2, -0.15) is 13.2 Å². The van der Waals surface area contributed by atoms with Gasteiger partial charge in [0.25, 0.3) is 0 Å². The Labute approximate surface area is 144 Å². The second-order valence-corrected chi connectivity index (χ2v) is 5.99. The number of nitrogens with one attached hydrogen (secondary N) is 1. The van der Waals surface area contributed by atoms with Crippen LogP contribution in [0.1, 0.15) is 0 Å². The molecule has 1 N–H and O–H groups in total. The Kier molecular flexibility index (Phi) is 4.93. The molecule has 0 spiro atoms. The zero-order valence-electron chi connectivity index (χ0n) is 12.7. The second-order valence-electron chi connectivity index (χ2n) is 5.03. The number of benzene rings is 1. The zero-order valence-corrected chi connectivity index (χ0v) is 13.5. The van der Waals surface area contributed by atoms with Gasteiger partial charge in [-0.3, -0.25) is 4.79 Å². The van der Waals surface area contributed by atoms with Crippen LogP contribution in [-0.4, -0.2) is 34.3 Å². The lowest BCUT2D eigenvalue weighted by atomic mass is 10.2. The number of thioether (sulfide) groups is 1. The first-order valence-electron chi connectivity index (χ1n) is 7.19. The number of alkyl halides is 3. The van der Waals surface area contributed by atoms with Gasteiger partial charge in [0.2, 0.25) is 5.91 Å². The molecule has 5 nitrogen and oxygen atoms in total. The van der Waals surface area contributed by atoms with Gasteiger partial charge in [-0.1, -0.05) is 30.0 Å². The van der Waals surface area contributed by atoms with E-state index in [4.69, 9.17) is 4.42 Å². The van der Waals surface area contributed by atoms with E-state index in [0.29, 0.717) is 27.5 Å². The van der Waals surface area contributed by atoms with Gasteiger partial charge in [0, 0.05) is 5.39 Å². The molecule has 1 amide bonds. The summed E-state index contributed by atoms with van der Waals surface area (Å²) in [5.74, 6) is -0.0881. The number of amides is 1. The number of furan rings is 1. The predicted molar refractivity (Wildman–Crippen MR) is 87.0 cm³/mol. The fourth-order valence-corrected chi connectivity index (χ4v) is 2.91. The van der Waals surface area contributed by atoms with Crippen LogP contribution in [0, 0.1) is 0 Å². The third kappa shape index (κ3) is 4.50. The average Bonchev–Trinajstić information content (AvgIpc) is 3.11. The summed E-state index contributed by atoms with van der Waals surface area (Å²) in [6.45, 7) is -1.35. The van der Waals surface area contributed by atoms with Crippen LogP contribution in [0.5, 0.6) is 0 Å². The lowest BCUT2D eigenvalue weighted by Crippen LogP contribution is -2.34. The van der Waals surface area contributed by atoms with Crippen LogP contribution in [0.25, 0.3) is 22.5 Å². The van der Waals surface area contributed by atoms with Crippen LogP contribution in [-0.2, 0) is 4.79 Å². The van der Waals surface area contributed by atoms with Crippen molar-refractivity contribution in [2.45, 2.75) is 11.2 Å². The first-order chi connectivity index (χ1) is 11.9. The highest BCUT2D eigenvalue weighted by Gasteiger charge is 2.27. The molecule has 9 heteroatoms. The van der Waals surface area contributed by atoms with Crippen molar-refractivity contribution in [3.63, 3.8) is 0 Å². The highest BCUT2D eigenvalue weighted by molar-refractivity contribution is 8.00. The Morgan fingerprint density at radius 2 is 1.96 bits per heavy atom. The largest absolute Gasteiger partial charge is 0.461 e. The predicted octanol–water partition coefficient (Wildman–Crippen LogP) is 3.66. The molecular formula is C16H12F3N3O2S. The molecule has 0 aliphatic heterocycles. The van der Waals surface area contributed by atoms with Gasteiger partial charge in [-0.25, -0.2) is 9.97 Å². The van der Waals surface area contributed by atoms with Crippen LogP contribution in [0.3, 0.4) is 0 Å². The summed E-state index contributed by atoms with van der Waals surface area (Å²) in [5.41, 5.74) is 0.655. The molecule has 1 aromatic carbocycles. The number of hydrogen-bond acceptors (Lipinski definition) is 5. The summed E-state index contributed by atoms with van der Waals surface area (Å²) in [7, 11) is 0. The summed E-state index contributed by atoms with van der Waals surface area (Å²) >= 11 is 1.05. The third-order valence-corrected chi connectivity index (χ3v) is 4.13. The topological polar surface area (TPSA) is 68.0 Å². The first kappa shape index (κ1) is 17.3. The molecule has 0 fully saturated rings. The third-order valence-electron chi connectivity index (χ3n) is 3.14. The van der Waals surface area contributed by atoms with Gasteiger partial charge in [0.05, 0.1) is 17.5 Å². The Morgan fingerprint density at radius 3 is 2.68 bits per heavy atom. The molecule has 0 aliphatic rings. The van der Waals surface area contributed by atoms with Crippen molar-refractivity contribution in [3.8, 4) is 11.6 Å². The summed E-state index contributed by atoms with van der Waals surface area (Å²) in [6.07, 6.45) is -2.94. The van der Waals surface area contributed by atoms with E-state index in [1.165, 1.54) is 6.26 Å². The molecule has 2 heterocycles. The van der Waals surface area contributed by atoms with E-state index in [1.807, 2.05) is 11.4 Å². The highest BCUT2D eigenvalue weighted by Crippen LogP contribution is 2.28. The molecule has 0 radical (unpaired) electrons. The van der Waals surface area contributed by atoms with Gasteiger partial charge in [0.15, 0.2) is 11.6 Å². The van der Waals surface area contributed by atoms with E-state index in [0.717, 1.165) is 11.8 Å². The van der Waals surface area contributed by atoms with E-state index < -0.39 is 18.6 Å². The number of nitrogens with zero attached hydrogens (tertiary/aromatic N) is 2. The minimum Gasteiger partial charge on any atom is -0.461 e. The normalized spacial score (nSPS) is 11.6. The van der Waals surface area contributed by atoms with E-state index in [9.17, 15) is 18.0 Å². The Bertz CT molecular complexity index is 882. The smallest absolute Gasteiger partial charge is 0.405 e. The van der Waals surface area contributed by atoms with Crippen molar-refractivity contribution in [2.75, 3.05) is 12.3 Å². The van der Waals surface area contributed by atoms with Crippen LogP contribution >= 0.6 is 11.8 Å². The van der Waals surface area contributed by atoms with Crippen molar-refractivity contribution < 1.29 is 22.4 Å². The number of fused-ring (bicyclic) bond motifs is 1. The number of carbonyl (C=O) groups is 1. The fourth-order valence-electron chi connectivity index (χ4n) is 2.06. The maximum absolute atomic E-state index is 12.1. The number of para-hydroxylation sites is 1. The summed E-state index contributed by atoms with van der Waals surface area (Å²) in [6, 6.07) is 10.6. The maximum Gasteiger partial charge on any atom is 0.405 e. The van der Waals surface area contributed by atoms with Crippen LogP contribution in [0.4, 0.5) is 13.2 Å². The number of carbonyl (C=O) groups excluding carboxylic acids is 1. The molecule has 0 aliphatic carbocycles. The van der Waals surface area contributed by atoms with Gasteiger partial charge < -0.3 is 9.73 Å². The molecule has 0 saturated carbocycles. The Hall–Kier alpha value is -2.55. The molecule has 0 bridgehead atoms. The first-order valence-corrected chi connectivity index (χ1v) is 8.18. The van der Waals surface area contributed by atoms with Crippen molar-refractivity contribution in [2.24, 2.45) is 0 Å². The monoisotopic (exact) mass is 367 g/mol. The number of rotatable bonds is 5. The molecule has 130 valence electrons. The molecule has 3 aromatic rings. The molecule has 0 saturated heterocycles. The molecular weight excluding hydrogens is 355 g/mol. The lowest BCUT2D eigenvalue weighted by Gasteiger charge is -2.09. The average molecular weight is 367 g/mol. The van der Waals surface area contributed by atoms with E-state index >= 15 is 0 Å². The number of aromatic nitrogens is 2. The minimum absolute atomic E-state index is 0.186. The van der Waals surface area contributed by atoms with Crippen LogP contribution in [0.15, 0.2) is 52.1 Å². The van der Waals surface area contributed by atoms with Gasteiger partial charge in [-0.05, 0) is 18.2 Å². The second kappa shape index (κ2) is 7.14. The van der Waals surface area contributed by atoms with Crippen molar-refractivity contribution in [1.29, 1.82) is 0 Å². The molecule has 0 unspecified atom stereocenters. The van der Waals surface area contributed by atoms with E-state index in [2.05, 4.69) is 9.97 Å². The standard InChI is InChI=1S/C16H12F3N3O2S/c17-16(18,19)9-20-13(23)8-25-15-10-4-1-2-5-11(10)21-14(22-15)12-6-3-7-24-12/h1-7H,8-9H2,(H,20,23). The molecule has 0 atom stereocenters. The van der Waals surface area contributed by atoms with Crippen molar-refractivity contribution >= 4 is 28.6 Å². The Morgan fingerprint density at radius 1 is 1.16 bits per heavy atom. The fraction of sp³-hybridized carbons (Fsp3) is 0.188. The summed E-state index contributed by atoms with van der Waals surface area (Å²) in [4.78, 5) is 20.4. The quantitative estimate of drug-likeness (QED) is 0.551. The zero-order chi connectivity index (χ0) is 17.9. The van der Waals surface area contributed by atoms with Crippen LogP contribution in [0.2, 0.25) is 0 Å². The maximum atomic E-state index is 12.1. The number of hydrogen-bond donors (Lipinski definition) is 1. The summed E-state index contributed by atoms with van der Waals surface area (Å²) in [5, 5.41) is 3.05. The lowest BCUT2D eigenvalue weighted by molar-refractivity contribution is -0.136. The minimum atomic E-state index is -4.44. The summed E-state index contributed by atoms with van der Waals surface area (Å²) < 4.78 is 41.7. The molecule has 2 aromatic heterocycles. The van der Waals surface area contributed by atoms with Crippen molar-refractivity contribution in [3.05, 3.63) is 42.7 Å². The van der Waals surface area contributed by atoms with E-state index in [-0.39, 0.29) is 5.75 Å². The van der Waals surface area contributed by atoms with E-state index in [1.54, 1.807) is 30.3 Å². The molecule has 25 heavy (non-hydrogen) atoms. The van der Waals surface area contributed by atoms with Gasteiger partial charge >= 0.3 is 6.18 Å². The van der Waals surface area contributed by atoms with Gasteiger partial charge in [0.1, 0.15) is 11.6 Å². The number of halogens is 3. The highest BCUT2D eigenvalue weighted by atomic mass is 32.2. The SMILES string of the molecule is O=C(CSc1nc(-c2ccco2)nc2ccccc12)NCC(F)(F)F. The Balaban J connectivity index is 1.81. The van der Waals surface area contributed by atoms with Gasteiger partial charge in [-0.15, -0.1) is 0 Å². The molecule has 3 rings (SSSR count). The van der Waals surface area contributed by atoms with Crippen LogP contribution < -0.4 is 5.32 Å².